The minimum Gasteiger partial charge on any atom is -0.121 e. The molecule has 96 valence electrons. The van der Waals surface area contributed by atoms with Crippen molar-refractivity contribution in [2.75, 3.05) is 0 Å². The molecule has 2 heteroatoms. The van der Waals surface area contributed by atoms with Crippen molar-refractivity contribution in [1.29, 1.82) is 0 Å². The average Bonchev–Trinajstić information content (AvgIpc) is 3.05. The van der Waals surface area contributed by atoms with Crippen LogP contribution in [0.1, 0.15) is 29.4 Å². The van der Waals surface area contributed by atoms with Gasteiger partial charge in [-0.1, -0.05) is 36.4 Å². The normalized spacial score (nSPS) is 42.0. The molecule has 0 N–H and O–H groups in total. The fourth-order valence-electron chi connectivity index (χ4n) is 5.07. The first-order chi connectivity index (χ1) is 9.27. The van der Waals surface area contributed by atoms with Crippen LogP contribution in [0.3, 0.4) is 0 Å². The van der Waals surface area contributed by atoms with Crippen molar-refractivity contribution in [2.45, 2.75) is 29.0 Å². The fourth-order valence-corrected chi connectivity index (χ4v) is 5.96. The molecule has 2 fully saturated rings. The van der Waals surface area contributed by atoms with E-state index in [1.807, 2.05) is 0 Å². The van der Waals surface area contributed by atoms with Gasteiger partial charge < -0.3 is 0 Å². The van der Waals surface area contributed by atoms with Gasteiger partial charge in [0.05, 0.1) is 10.8 Å². The van der Waals surface area contributed by atoms with Crippen LogP contribution < -0.4 is 0 Å². The molecule has 0 unspecified atom stereocenters. The van der Waals surface area contributed by atoms with E-state index >= 15 is 0 Å². The fraction of sp³-hybridized carbons (Fsp3) is 0.412. The topological polar surface area (TPSA) is 0 Å². The second-order valence-corrected chi connectivity index (χ2v) is 7.30. The third kappa shape index (κ3) is 1.15. The molecule has 5 rings (SSSR count). The molecule has 2 aromatic rings. The van der Waals surface area contributed by atoms with Crippen LogP contribution in [0.25, 0.3) is 10.8 Å². The summed E-state index contributed by atoms with van der Waals surface area (Å²) >= 11 is 13.1. The zero-order chi connectivity index (χ0) is 12.7. The lowest BCUT2D eigenvalue weighted by Crippen LogP contribution is -2.31. The molecule has 0 aromatic heterocycles. The highest BCUT2D eigenvalue weighted by Gasteiger charge is 2.60. The van der Waals surface area contributed by atoms with Crippen molar-refractivity contribution in [2.24, 2.45) is 11.8 Å². The zero-order valence-corrected chi connectivity index (χ0v) is 11.9. The van der Waals surface area contributed by atoms with Gasteiger partial charge in [-0.15, -0.1) is 23.2 Å². The highest BCUT2D eigenvalue weighted by Crippen LogP contribution is 2.67. The van der Waals surface area contributed by atoms with Crippen molar-refractivity contribution in [3.05, 3.63) is 47.5 Å². The molecule has 0 aliphatic heterocycles. The SMILES string of the molecule is Cl[C@@H]1[C@H](Cl)[C@@H]2C[C@H]1[C@@H]1c3cccc4cccc(c34)[C@H]21. The molecular formula is C17H14Cl2. The van der Waals surface area contributed by atoms with Gasteiger partial charge in [-0.25, -0.2) is 0 Å². The van der Waals surface area contributed by atoms with Crippen LogP contribution in [0.2, 0.25) is 0 Å². The summed E-state index contributed by atoms with van der Waals surface area (Å²) in [7, 11) is 0. The van der Waals surface area contributed by atoms with Crippen molar-refractivity contribution >= 4 is 34.0 Å². The Balaban J connectivity index is 1.82. The molecule has 0 saturated heterocycles. The first-order valence-corrected chi connectivity index (χ1v) is 7.94. The highest BCUT2D eigenvalue weighted by molar-refractivity contribution is 6.31. The molecular weight excluding hydrogens is 275 g/mol. The summed E-state index contributed by atoms with van der Waals surface area (Å²) < 4.78 is 0. The lowest BCUT2D eigenvalue weighted by molar-refractivity contribution is 0.390. The summed E-state index contributed by atoms with van der Waals surface area (Å²) in [5.74, 6) is 2.36. The van der Waals surface area contributed by atoms with E-state index in [1.54, 1.807) is 0 Å². The van der Waals surface area contributed by atoms with Crippen molar-refractivity contribution < 1.29 is 0 Å². The summed E-state index contributed by atoms with van der Waals surface area (Å²) in [4.78, 5) is 0. The van der Waals surface area contributed by atoms with E-state index in [0.717, 1.165) is 0 Å². The van der Waals surface area contributed by atoms with Crippen LogP contribution in [0.4, 0.5) is 0 Å². The molecule has 0 nitrogen and oxygen atoms in total. The van der Waals surface area contributed by atoms with Gasteiger partial charge in [-0.05, 0) is 52.0 Å². The number of halogens is 2. The van der Waals surface area contributed by atoms with Crippen molar-refractivity contribution in [3.8, 4) is 0 Å². The minimum absolute atomic E-state index is 0.150. The lowest BCUT2D eigenvalue weighted by Gasteiger charge is -2.33. The summed E-state index contributed by atoms with van der Waals surface area (Å²) in [6.07, 6.45) is 1.21. The Bertz CT molecular complexity index is 638. The highest BCUT2D eigenvalue weighted by atomic mass is 35.5. The van der Waals surface area contributed by atoms with Gasteiger partial charge in [-0.2, -0.15) is 0 Å². The first kappa shape index (κ1) is 11.0. The van der Waals surface area contributed by atoms with Gasteiger partial charge in [0, 0.05) is 0 Å². The monoisotopic (exact) mass is 288 g/mol. The molecule has 19 heavy (non-hydrogen) atoms. The zero-order valence-electron chi connectivity index (χ0n) is 10.4. The first-order valence-electron chi connectivity index (χ1n) is 7.07. The van der Waals surface area contributed by atoms with Crippen LogP contribution in [-0.2, 0) is 0 Å². The van der Waals surface area contributed by atoms with E-state index in [0.29, 0.717) is 23.7 Å². The van der Waals surface area contributed by atoms with Crippen molar-refractivity contribution in [1.82, 2.24) is 0 Å². The Hall–Kier alpha value is -0.720. The standard InChI is InChI=1S/C17H14Cl2/c18-16-11-7-12(17(16)19)15-10-6-2-4-8-3-1-5-9(13(8)10)14(11)15/h1-6,11-12,14-17H,7H2/t11-,12+,14-,15+,16-,17+. The molecule has 0 radical (unpaired) electrons. The maximum Gasteiger partial charge on any atom is 0.0537 e. The molecule has 0 spiro atoms. The molecule has 0 amide bonds. The van der Waals surface area contributed by atoms with E-state index in [2.05, 4.69) is 36.4 Å². The van der Waals surface area contributed by atoms with Gasteiger partial charge >= 0.3 is 0 Å². The van der Waals surface area contributed by atoms with Crippen LogP contribution in [0, 0.1) is 11.8 Å². The third-order valence-corrected chi connectivity index (χ3v) is 6.98. The van der Waals surface area contributed by atoms with Crippen LogP contribution >= 0.6 is 23.2 Å². The number of benzene rings is 2. The minimum atomic E-state index is 0.150. The Morgan fingerprint density at radius 3 is 1.84 bits per heavy atom. The van der Waals surface area contributed by atoms with Crippen LogP contribution in [0.15, 0.2) is 36.4 Å². The molecule has 6 atom stereocenters. The van der Waals surface area contributed by atoms with Gasteiger partial charge in [0.15, 0.2) is 0 Å². The van der Waals surface area contributed by atoms with E-state index in [-0.39, 0.29) is 10.8 Å². The number of fused-ring (bicyclic) bond motifs is 7. The summed E-state index contributed by atoms with van der Waals surface area (Å²) in [5, 5.41) is 3.17. The second-order valence-electron chi connectivity index (χ2n) is 6.30. The summed E-state index contributed by atoms with van der Waals surface area (Å²) in [6.45, 7) is 0. The third-order valence-electron chi connectivity index (χ3n) is 5.66. The Morgan fingerprint density at radius 2 is 1.32 bits per heavy atom. The molecule has 2 aromatic carbocycles. The van der Waals surface area contributed by atoms with Gasteiger partial charge in [-0.3, -0.25) is 0 Å². The maximum absolute atomic E-state index is 6.57. The maximum atomic E-state index is 6.57. The average molecular weight is 289 g/mol. The molecule has 2 bridgehead atoms. The van der Waals surface area contributed by atoms with Crippen molar-refractivity contribution in [3.63, 3.8) is 0 Å². The Morgan fingerprint density at radius 1 is 0.789 bits per heavy atom. The Kier molecular flexibility index (Phi) is 2.01. The summed E-state index contributed by atoms with van der Waals surface area (Å²) in [6, 6.07) is 13.5. The van der Waals surface area contributed by atoms with Crippen LogP contribution in [0.5, 0.6) is 0 Å². The lowest BCUT2D eigenvalue weighted by atomic mass is 9.77. The molecule has 2 saturated carbocycles. The number of hydrogen-bond donors (Lipinski definition) is 0. The summed E-state index contributed by atoms with van der Waals surface area (Å²) in [5.41, 5.74) is 3.06. The van der Waals surface area contributed by atoms with E-state index in [4.69, 9.17) is 23.2 Å². The predicted octanol–water partition coefficient (Wildman–Crippen LogP) is 4.89. The number of alkyl halides is 2. The van der Waals surface area contributed by atoms with Crippen LogP contribution in [-0.4, -0.2) is 10.8 Å². The van der Waals surface area contributed by atoms with E-state index < -0.39 is 0 Å². The van der Waals surface area contributed by atoms with Gasteiger partial charge in [0.25, 0.3) is 0 Å². The quantitative estimate of drug-likeness (QED) is 0.606. The van der Waals surface area contributed by atoms with E-state index in [9.17, 15) is 0 Å². The molecule has 0 heterocycles. The predicted molar refractivity (Wildman–Crippen MR) is 80.3 cm³/mol. The molecule has 3 aliphatic rings. The van der Waals surface area contributed by atoms with E-state index in [1.165, 1.54) is 28.3 Å². The largest absolute Gasteiger partial charge is 0.121 e. The molecule has 3 aliphatic carbocycles. The second kappa shape index (κ2) is 3.48. The number of hydrogen-bond acceptors (Lipinski definition) is 0. The number of rotatable bonds is 0. The van der Waals surface area contributed by atoms with Gasteiger partial charge in [0.1, 0.15) is 0 Å². The Labute approximate surface area is 122 Å². The van der Waals surface area contributed by atoms with Gasteiger partial charge in [0.2, 0.25) is 0 Å². The smallest absolute Gasteiger partial charge is 0.0537 e.